The molecule has 1 rings (SSSR count). The third kappa shape index (κ3) is 4.27. The number of carbonyl (C=O) groups excluding carboxylic acids is 1. The van der Waals surface area contributed by atoms with Crippen molar-refractivity contribution < 1.29 is 9.90 Å². The minimum atomic E-state index is -0.813. The molecule has 0 bridgehead atoms. The Balaban J connectivity index is 2.75. The molecule has 0 atom stereocenters. The maximum Gasteiger partial charge on any atom is 0.228 e. The molecule has 0 unspecified atom stereocenters. The quantitative estimate of drug-likeness (QED) is 0.785. The van der Waals surface area contributed by atoms with Gasteiger partial charge in [-0.05, 0) is 33.6 Å². The molecule has 18 heavy (non-hydrogen) atoms. The van der Waals surface area contributed by atoms with Gasteiger partial charge in [0.15, 0.2) is 0 Å². The molecule has 1 aliphatic carbocycles. The minimum Gasteiger partial charge on any atom is -0.389 e. The Hall–Kier alpha value is -0.570. The maximum absolute atomic E-state index is 12.7. The van der Waals surface area contributed by atoms with E-state index in [0.29, 0.717) is 13.1 Å². The van der Waals surface area contributed by atoms with Gasteiger partial charge in [-0.3, -0.25) is 4.79 Å². The van der Waals surface area contributed by atoms with E-state index >= 15 is 0 Å². The van der Waals surface area contributed by atoms with Gasteiger partial charge in [0.05, 0.1) is 5.60 Å². The molecule has 0 aliphatic heterocycles. The van der Waals surface area contributed by atoms with E-state index in [9.17, 15) is 9.90 Å². The van der Waals surface area contributed by atoms with Crippen LogP contribution in [0.5, 0.6) is 0 Å². The number of rotatable bonds is 4. The number of nitrogens with zero attached hydrogens (tertiary/aromatic N) is 1. The van der Waals surface area contributed by atoms with Gasteiger partial charge >= 0.3 is 0 Å². The molecule has 0 aromatic heterocycles. The van der Waals surface area contributed by atoms with Crippen LogP contribution in [0.2, 0.25) is 0 Å². The fourth-order valence-corrected chi connectivity index (χ4v) is 2.90. The van der Waals surface area contributed by atoms with E-state index in [-0.39, 0.29) is 11.3 Å². The second-order valence-electron chi connectivity index (χ2n) is 6.61. The van der Waals surface area contributed by atoms with Crippen LogP contribution in [0, 0.1) is 5.41 Å². The highest BCUT2D eigenvalue weighted by Gasteiger charge is 2.37. The summed E-state index contributed by atoms with van der Waals surface area (Å²) in [7, 11) is 0. The molecule has 1 amide bonds. The maximum atomic E-state index is 12.7. The Labute approximate surface area is 112 Å². The number of hydrogen-bond acceptors (Lipinski definition) is 2. The summed E-state index contributed by atoms with van der Waals surface area (Å²) in [5.74, 6) is 0.231. The van der Waals surface area contributed by atoms with E-state index in [1.54, 1.807) is 13.8 Å². The van der Waals surface area contributed by atoms with Crippen LogP contribution in [0.4, 0.5) is 0 Å². The molecular formula is C15H29NO2. The van der Waals surface area contributed by atoms with Gasteiger partial charge in [-0.1, -0.05) is 32.6 Å². The first-order chi connectivity index (χ1) is 8.28. The van der Waals surface area contributed by atoms with Crippen molar-refractivity contribution in [1.29, 1.82) is 0 Å². The van der Waals surface area contributed by atoms with Gasteiger partial charge in [0.2, 0.25) is 5.91 Å². The second kappa shape index (κ2) is 6.05. The predicted molar refractivity (Wildman–Crippen MR) is 74.4 cm³/mol. The molecule has 1 N–H and O–H groups in total. The second-order valence-corrected chi connectivity index (χ2v) is 6.61. The zero-order valence-electron chi connectivity index (χ0n) is 12.5. The largest absolute Gasteiger partial charge is 0.389 e. The lowest BCUT2D eigenvalue weighted by Crippen LogP contribution is -2.48. The molecule has 0 saturated heterocycles. The average Bonchev–Trinajstić information content (AvgIpc) is 2.50. The summed E-state index contributed by atoms with van der Waals surface area (Å²) in [6.45, 7) is 8.73. The summed E-state index contributed by atoms with van der Waals surface area (Å²) in [4.78, 5) is 14.5. The first-order valence-electron chi connectivity index (χ1n) is 7.30. The topological polar surface area (TPSA) is 40.5 Å². The smallest absolute Gasteiger partial charge is 0.228 e. The van der Waals surface area contributed by atoms with Crippen molar-refractivity contribution >= 4 is 5.91 Å². The fraction of sp³-hybridized carbons (Fsp3) is 0.933. The Morgan fingerprint density at radius 2 is 1.72 bits per heavy atom. The van der Waals surface area contributed by atoms with Gasteiger partial charge in [0.1, 0.15) is 0 Å². The molecule has 1 fully saturated rings. The summed E-state index contributed by atoms with van der Waals surface area (Å²) in [5.41, 5.74) is -1.02. The number of amides is 1. The third-order valence-electron chi connectivity index (χ3n) is 3.97. The molecule has 0 heterocycles. The number of hydrogen-bond donors (Lipinski definition) is 1. The zero-order chi connectivity index (χ0) is 13.8. The highest BCUT2D eigenvalue weighted by Crippen LogP contribution is 2.36. The molecule has 106 valence electrons. The van der Waals surface area contributed by atoms with Crippen molar-refractivity contribution in [2.75, 3.05) is 13.1 Å². The molecule has 0 aromatic carbocycles. The van der Waals surface area contributed by atoms with Crippen LogP contribution in [0.1, 0.15) is 66.2 Å². The Bertz CT molecular complexity index is 273. The minimum absolute atomic E-state index is 0.211. The SMILES string of the molecule is CCN(CC(C)(C)O)C(=O)C1(C)CCCCCC1. The van der Waals surface area contributed by atoms with E-state index < -0.39 is 5.60 Å². The van der Waals surface area contributed by atoms with Crippen LogP contribution < -0.4 is 0 Å². The van der Waals surface area contributed by atoms with Gasteiger partial charge in [-0.2, -0.15) is 0 Å². The van der Waals surface area contributed by atoms with Gasteiger partial charge in [-0.15, -0.1) is 0 Å². The zero-order valence-corrected chi connectivity index (χ0v) is 12.5. The monoisotopic (exact) mass is 255 g/mol. The molecule has 0 spiro atoms. The summed E-state index contributed by atoms with van der Waals surface area (Å²) in [5, 5.41) is 9.91. The van der Waals surface area contributed by atoms with Crippen LogP contribution >= 0.6 is 0 Å². The fourth-order valence-electron chi connectivity index (χ4n) is 2.90. The van der Waals surface area contributed by atoms with Crippen LogP contribution in [-0.4, -0.2) is 34.6 Å². The average molecular weight is 255 g/mol. The first-order valence-corrected chi connectivity index (χ1v) is 7.30. The highest BCUT2D eigenvalue weighted by atomic mass is 16.3. The van der Waals surface area contributed by atoms with Crippen LogP contribution in [0.15, 0.2) is 0 Å². The van der Waals surface area contributed by atoms with E-state index in [1.165, 1.54) is 12.8 Å². The number of aliphatic hydroxyl groups is 1. The van der Waals surface area contributed by atoms with E-state index in [0.717, 1.165) is 25.7 Å². The van der Waals surface area contributed by atoms with E-state index in [2.05, 4.69) is 6.92 Å². The molecule has 0 radical (unpaired) electrons. The summed E-state index contributed by atoms with van der Waals surface area (Å²) in [6.07, 6.45) is 6.80. The van der Waals surface area contributed by atoms with Crippen LogP contribution in [-0.2, 0) is 4.79 Å². The summed E-state index contributed by atoms with van der Waals surface area (Å²) >= 11 is 0. The molecular weight excluding hydrogens is 226 g/mol. The van der Waals surface area contributed by atoms with Gasteiger partial charge in [-0.25, -0.2) is 0 Å². The first kappa shape index (κ1) is 15.5. The van der Waals surface area contributed by atoms with Crippen molar-refractivity contribution in [3.63, 3.8) is 0 Å². The molecule has 3 heteroatoms. The molecule has 3 nitrogen and oxygen atoms in total. The van der Waals surface area contributed by atoms with E-state index in [1.807, 2.05) is 11.8 Å². The van der Waals surface area contributed by atoms with Crippen molar-refractivity contribution in [3.8, 4) is 0 Å². The Kier molecular flexibility index (Phi) is 5.20. The number of likely N-dealkylation sites (N-methyl/N-ethyl adjacent to an activating group) is 1. The lowest BCUT2D eigenvalue weighted by atomic mass is 9.81. The van der Waals surface area contributed by atoms with Crippen molar-refractivity contribution in [1.82, 2.24) is 4.90 Å². The Morgan fingerprint density at radius 1 is 1.22 bits per heavy atom. The van der Waals surface area contributed by atoms with Crippen LogP contribution in [0.25, 0.3) is 0 Å². The predicted octanol–water partition coefficient (Wildman–Crippen LogP) is 2.97. The normalized spacial score (nSPS) is 20.3. The molecule has 1 aliphatic rings. The van der Waals surface area contributed by atoms with Crippen molar-refractivity contribution in [3.05, 3.63) is 0 Å². The van der Waals surface area contributed by atoms with Gasteiger partial charge in [0, 0.05) is 18.5 Å². The summed E-state index contributed by atoms with van der Waals surface area (Å²) < 4.78 is 0. The standard InChI is InChI=1S/C15H29NO2/c1-5-16(12-14(2,3)18)13(17)15(4)10-8-6-7-9-11-15/h18H,5-12H2,1-4H3. The lowest BCUT2D eigenvalue weighted by molar-refractivity contribution is -0.144. The third-order valence-corrected chi connectivity index (χ3v) is 3.97. The molecule has 0 aromatic rings. The number of carbonyl (C=O) groups is 1. The highest BCUT2D eigenvalue weighted by molar-refractivity contribution is 5.82. The Morgan fingerprint density at radius 3 is 2.11 bits per heavy atom. The van der Waals surface area contributed by atoms with Gasteiger partial charge in [0.25, 0.3) is 0 Å². The van der Waals surface area contributed by atoms with Crippen LogP contribution in [0.3, 0.4) is 0 Å². The molecule has 1 saturated carbocycles. The van der Waals surface area contributed by atoms with Crippen molar-refractivity contribution in [2.45, 2.75) is 71.8 Å². The van der Waals surface area contributed by atoms with Gasteiger partial charge < -0.3 is 10.0 Å². The lowest BCUT2D eigenvalue weighted by Gasteiger charge is -2.36. The summed E-state index contributed by atoms with van der Waals surface area (Å²) in [6, 6.07) is 0. The van der Waals surface area contributed by atoms with E-state index in [4.69, 9.17) is 0 Å². The van der Waals surface area contributed by atoms with Crippen molar-refractivity contribution in [2.24, 2.45) is 5.41 Å².